The van der Waals surface area contributed by atoms with E-state index < -0.39 is 0 Å². The lowest BCUT2D eigenvalue weighted by atomic mass is 9.81. The molecule has 11 rings (SSSR count). The third-order valence-electron chi connectivity index (χ3n) is 11.3. The normalized spacial score (nSPS) is 13.1. The average molecular weight is 692 g/mol. The third kappa shape index (κ3) is 4.73. The second-order valence-electron chi connectivity index (χ2n) is 14.9. The fourth-order valence-corrected chi connectivity index (χ4v) is 8.50. The van der Waals surface area contributed by atoms with Crippen molar-refractivity contribution in [3.05, 3.63) is 175 Å². The molecule has 0 aliphatic heterocycles. The summed E-state index contributed by atoms with van der Waals surface area (Å²) >= 11 is 0. The van der Waals surface area contributed by atoms with Crippen LogP contribution in [0.25, 0.3) is 99.9 Å². The van der Waals surface area contributed by atoms with Crippen LogP contribution >= 0.6 is 0 Å². The number of furan rings is 1. The maximum absolute atomic E-state index is 6.28. The number of para-hydroxylation sites is 1. The van der Waals surface area contributed by atoms with Crippen LogP contribution in [0.4, 0.5) is 0 Å². The van der Waals surface area contributed by atoms with Crippen LogP contribution in [0.2, 0.25) is 0 Å². The predicted octanol–water partition coefficient (Wildman–Crippen LogP) is 13.1. The van der Waals surface area contributed by atoms with Crippen LogP contribution in [0.3, 0.4) is 0 Å². The van der Waals surface area contributed by atoms with Crippen molar-refractivity contribution in [1.29, 1.82) is 0 Å². The van der Waals surface area contributed by atoms with Gasteiger partial charge in [0.2, 0.25) is 0 Å². The number of nitrogens with zero attached hydrogens (tertiary/aromatic N) is 3. The number of hydrogen-bond acceptors (Lipinski definition) is 4. The Morgan fingerprint density at radius 3 is 1.80 bits per heavy atom. The lowest BCUT2D eigenvalue weighted by molar-refractivity contribution is 0.661. The fourth-order valence-electron chi connectivity index (χ4n) is 8.50. The molecule has 10 aromatic rings. The minimum atomic E-state index is -0.0391. The molecule has 0 amide bonds. The van der Waals surface area contributed by atoms with E-state index in [1.807, 2.05) is 30.3 Å². The van der Waals surface area contributed by atoms with E-state index in [1.54, 1.807) is 0 Å². The van der Waals surface area contributed by atoms with Crippen LogP contribution in [0.5, 0.6) is 0 Å². The maximum Gasteiger partial charge on any atom is 0.164 e. The molecule has 0 fully saturated rings. The van der Waals surface area contributed by atoms with Crippen LogP contribution in [0.15, 0.2) is 168 Å². The molecule has 0 N–H and O–H groups in total. The summed E-state index contributed by atoms with van der Waals surface area (Å²) in [6.45, 7) is 4.67. The topological polar surface area (TPSA) is 51.8 Å². The van der Waals surface area contributed by atoms with E-state index in [4.69, 9.17) is 19.4 Å². The quantitative estimate of drug-likeness (QED) is 0.172. The first-order valence-electron chi connectivity index (χ1n) is 18.4. The summed E-state index contributed by atoms with van der Waals surface area (Å²) in [6, 6.07) is 57.9. The molecule has 0 saturated heterocycles. The number of hydrogen-bond donors (Lipinski definition) is 0. The van der Waals surface area contributed by atoms with E-state index in [0.29, 0.717) is 17.5 Å². The number of rotatable bonds is 4. The molecule has 4 nitrogen and oxygen atoms in total. The first kappa shape index (κ1) is 30.7. The van der Waals surface area contributed by atoms with Gasteiger partial charge in [-0.1, -0.05) is 135 Å². The lowest BCUT2D eigenvalue weighted by Gasteiger charge is -2.21. The van der Waals surface area contributed by atoms with Crippen molar-refractivity contribution in [3.63, 3.8) is 0 Å². The van der Waals surface area contributed by atoms with Gasteiger partial charge in [0.1, 0.15) is 11.2 Å². The van der Waals surface area contributed by atoms with E-state index in [-0.39, 0.29) is 5.41 Å². The Balaban J connectivity index is 1.08. The molecule has 1 aliphatic rings. The summed E-state index contributed by atoms with van der Waals surface area (Å²) < 4.78 is 6.28. The minimum Gasteiger partial charge on any atom is -0.456 e. The molecule has 54 heavy (non-hydrogen) atoms. The van der Waals surface area contributed by atoms with Gasteiger partial charge in [-0.15, -0.1) is 0 Å². The van der Waals surface area contributed by atoms with E-state index in [0.717, 1.165) is 55.1 Å². The monoisotopic (exact) mass is 691 g/mol. The smallest absolute Gasteiger partial charge is 0.164 e. The highest BCUT2D eigenvalue weighted by atomic mass is 16.3. The van der Waals surface area contributed by atoms with Crippen LogP contribution in [0, 0.1) is 0 Å². The SMILES string of the molecule is CC1(C)c2ccccc2-c2cc3c(ccc4cc(-c5nc(-c6cccc(-c7ccccc7)c6)nc(-c6ccc7c(c6)oc6ccccc67)n5)ccc43)cc21. The number of benzene rings is 8. The molecular weight excluding hydrogens is 659 g/mol. The van der Waals surface area contributed by atoms with Gasteiger partial charge in [0.25, 0.3) is 0 Å². The summed E-state index contributed by atoms with van der Waals surface area (Å²) in [4.78, 5) is 15.4. The summed E-state index contributed by atoms with van der Waals surface area (Å²) in [5.74, 6) is 1.84. The van der Waals surface area contributed by atoms with E-state index in [9.17, 15) is 0 Å². The van der Waals surface area contributed by atoms with Gasteiger partial charge < -0.3 is 4.42 Å². The Hall–Kier alpha value is -6.91. The first-order valence-corrected chi connectivity index (χ1v) is 18.4. The zero-order valence-corrected chi connectivity index (χ0v) is 29.8. The van der Waals surface area contributed by atoms with E-state index >= 15 is 0 Å². The second kappa shape index (κ2) is 11.5. The molecule has 254 valence electrons. The van der Waals surface area contributed by atoms with E-state index in [2.05, 4.69) is 147 Å². The Labute approximate surface area is 312 Å². The molecule has 0 atom stereocenters. The minimum absolute atomic E-state index is 0.0391. The Morgan fingerprint density at radius 2 is 0.981 bits per heavy atom. The largest absolute Gasteiger partial charge is 0.456 e. The van der Waals surface area contributed by atoms with Crippen molar-refractivity contribution in [2.24, 2.45) is 0 Å². The highest BCUT2D eigenvalue weighted by Crippen LogP contribution is 2.50. The molecule has 0 unspecified atom stereocenters. The molecule has 0 spiro atoms. The van der Waals surface area contributed by atoms with Gasteiger partial charge in [-0.05, 0) is 97.4 Å². The third-order valence-corrected chi connectivity index (χ3v) is 11.3. The molecular formula is C50H33N3O. The maximum atomic E-state index is 6.28. The molecule has 0 radical (unpaired) electrons. The van der Waals surface area contributed by atoms with Crippen molar-refractivity contribution >= 4 is 43.5 Å². The Bertz CT molecular complexity index is 3140. The summed E-state index contributed by atoms with van der Waals surface area (Å²) in [5, 5.41) is 7.01. The molecule has 2 aromatic heterocycles. The van der Waals surface area contributed by atoms with Gasteiger partial charge in [-0.3, -0.25) is 0 Å². The van der Waals surface area contributed by atoms with Gasteiger partial charge in [-0.25, -0.2) is 15.0 Å². The average Bonchev–Trinajstić information content (AvgIpc) is 3.71. The van der Waals surface area contributed by atoms with Crippen molar-refractivity contribution in [2.45, 2.75) is 19.3 Å². The van der Waals surface area contributed by atoms with Crippen LogP contribution < -0.4 is 0 Å². The zero-order valence-electron chi connectivity index (χ0n) is 29.8. The fraction of sp³-hybridized carbons (Fsp3) is 0.0600. The summed E-state index contributed by atoms with van der Waals surface area (Å²) in [7, 11) is 0. The van der Waals surface area contributed by atoms with Gasteiger partial charge in [0, 0.05) is 32.9 Å². The highest BCUT2D eigenvalue weighted by Gasteiger charge is 2.35. The molecule has 0 saturated carbocycles. The Morgan fingerprint density at radius 1 is 0.370 bits per heavy atom. The number of aromatic nitrogens is 3. The molecule has 2 heterocycles. The highest BCUT2D eigenvalue weighted by molar-refractivity contribution is 6.11. The standard InChI is InChI=1S/C50H33N3O/c1-50(2)43-17-8-6-15-38(43)42-29-41-33(27-44(42)50)20-19-32-26-35(21-23-37(32)41)48-51-47(34-14-10-13-31(25-34)30-11-4-3-5-12-30)52-49(53-48)36-22-24-40-39-16-7-9-18-45(39)54-46(40)28-36/h3-29H,1-2H3. The summed E-state index contributed by atoms with van der Waals surface area (Å²) in [6.07, 6.45) is 0. The van der Waals surface area contributed by atoms with Crippen molar-refractivity contribution in [1.82, 2.24) is 15.0 Å². The van der Waals surface area contributed by atoms with Crippen molar-refractivity contribution in [3.8, 4) is 56.4 Å². The molecule has 8 aromatic carbocycles. The van der Waals surface area contributed by atoms with E-state index in [1.165, 1.54) is 38.4 Å². The molecule has 4 heteroatoms. The van der Waals surface area contributed by atoms with Crippen molar-refractivity contribution in [2.75, 3.05) is 0 Å². The Kier molecular flexibility index (Phi) is 6.56. The van der Waals surface area contributed by atoms with Crippen LogP contribution in [0.1, 0.15) is 25.0 Å². The van der Waals surface area contributed by atoms with Gasteiger partial charge in [-0.2, -0.15) is 0 Å². The molecule has 0 bridgehead atoms. The molecule has 1 aliphatic carbocycles. The van der Waals surface area contributed by atoms with Crippen molar-refractivity contribution < 1.29 is 4.42 Å². The van der Waals surface area contributed by atoms with Gasteiger partial charge in [0.15, 0.2) is 17.5 Å². The lowest BCUT2D eigenvalue weighted by Crippen LogP contribution is -2.14. The number of fused-ring (bicyclic) bond motifs is 9. The first-order chi connectivity index (χ1) is 26.5. The second-order valence-corrected chi connectivity index (χ2v) is 14.9. The summed E-state index contributed by atoms with van der Waals surface area (Å²) in [5.41, 5.74) is 12.0. The van der Waals surface area contributed by atoms with Gasteiger partial charge >= 0.3 is 0 Å². The van der Waals surface area contributed by atoms with Crippen LogP contribution in [-0.2, 0) is 5.41 Å². The van der Waals surface area contributed by atoms with Crippen LogP contribution in [-0.4, -0.2) is 15.0 Å². The van der Waals surface area contributed by atoms with Gasteiger partial charge in [0.05, 0.1) is 0 Å². The predicted molar refractivity (Wildman–Crippen MR) is 221 cm³/mol. The zero-order chi connectivity index (χ0) is 36.0.